The Kier molecular flexibility index (Phi) is 2.64. The van der Waals surface area contributed by atoms with Gasteiger partial charge in [0.15, 0.2) is 5.11 Å². The number of anilines is 1. The molecule has 18 heavy (non-hydrogen) atoms. The molecule has 0 aromatic heterocycles. The van der Waals surface area contributed by atoms with Gasteiger partial charge in [0, 0.05) is 11.3 Å². The van der Waals surface area contributed by atoms with Crippen molar-refractivity contribution in [3.8, 4) is 5.75 Å². The molecule has 0 radical (unpaired) electrons. The van der Waals surface area contributed by atoms with Crippen molar-refractivity contribution in [1.82, 2.24) is 5.32 Å². The molecule has 0 saturated carbocycles. The summed E-state index contributed by atoms with van der Waals surface area (Å²) in [5.74, 6) is 0.260. The summed E-state index contributed by atoms with van der Waals surface area (Å²) >= 11 is 5.21. The van der Waals surface area contributed by atoms with Crippen LogP contribution in [0, 0.1) is 0 Å². The maximum absolute atomic E-state index is 9.58. The molecule has 2 aromatic carbocycles. The van der Waals surface area contributed by atoms with Gasteiger partial charge >= 0.3 is 0 Å². The van der Waals surface area contributed by atoms with Crippen LogP contribution in [-0.2, 0) is 0 Å². The molecule has 1 aliphatic heterocycles. The van der Waals surface area contributed by atoms with Crippen molar-refractivity contribution in [3.05, 3.63) is 59.7 Å². The van der Waals surface area contributed by atoms with Crippen LogP contribution in [-0.4, -0.2) is 10.2 Å². The van der Waals surface area contributed by atoms with E-state index in [-0.39, 0.29) is 11.8 Å². The molecular formula is C14H12N2OS. The maximum Gasteiger partial charge on any atom is 0.171 e. The van der Waals surface area contributed by atoms with E-state index in [1.54, 1.807) is 12.1 Å². The number of para-hydroxylation sites is 1. The Hall–Kier alpha value is -2.07. The smallest absolute Gasteiger partial charge is 0.171 e. The van der Waals surface area contributed by atoms with Gasteiger partial charge in [-0.3, -0.25) is 0 Å². The molecule has 3 nitrogen and oxygen atoms in total. The highest BCUT2D eigenvalue weighted by molar-refractivity contribution is 7.80. The highest BCUT2D eigenvalue weighted by atomic mass is 32.1. The molecule has 0 bridgehead atoms. The minimum atomic E-state index is -0.0259. The van der Waals surface area contributed by atoms with Crippen molar-refractivity contribution in [2.24, 2.45) is 0 Å². The first-order valence-corrected chi connectivity index (χ1v) is 6.10. The summed E-state index contributed by atoms with van der Waals surface area (Å²) < 4.78 is 0. The monoisotopic (exact) mass is 256 g/mol. The lowest BCUT2D eigenvalue weighted by atomic mass is 9.96. The third-order valence-corrected chi connectivity index (χ3v) is 3.22. The Morgan fingerprint density at radius 3 is 2.72 bits per heavy atom. The predicted octanol–water partition coefficient (Wildman–Crippen LogP) is 2.78. The fourth-order valence-corrected chi connectivity index (χ4v) is 2.42. The summed E-state index contributed by atoms with van der Waals surface area (Å²) in [6.45, 7) is 0. The topological polar surface area (TPSA) is 44.3 Å². The van der Waals surface area contributed by atoms with Crippen LogP contribution >= 0.6 is 12.2 Å². The summed E-state index contributed by atoms with van der Waals surface area (Å²) in [6, 6.07) is 15.2. The molecule has 0 aliphatic carbocycles. The highest BCUT2D eigenvalue weighted by Gasteiger charge is 2.23. The maximum atomic E-state index is 9.58. The van der Waals surface area contributed by atoms with E-state index in [2.05, 4.69) is 10.6 Å². The molecule has 1 atom stereocenters. The summed E-state index contributed by atoms with van der Waals surface area (Å²) in [7, 11) is 0. The molecular weight excluding hydrogens is 244 g/mol. The van der Waals surface area contributed by atoms with E-state index in [4.69, 9.17) is 12.2 Å². The Balaban J connectivity index is 2.10. The minimum absolute atomic E-state index is 0.0259. The SMILES string of the molecule is Oc1cccc(C2NC(=S)Nc3ccccc32)c1. The Bertz CT molecular complexity index is 612. The van der Waals surface area contributed by atoms with E-state index in [1.165, 1.54) is 0 Å². The number of phenols is 1. The fraction of sp³-hybridized carbons (Fsp3) is 0.0714. The van der Waals surface area contributed by atoms with Gasteiger partial charge in [-0.2, -0.15) is 0 Å². The first-order chi connectivity index (χ1) is 8.74. The average Bonchev–Trinajstić information content (AvgIpc) is 2.37. The zero-order valence-electron chi connectivity index (χ0n) is 9.55. The minimum Gasteiger partial charge on any atom is -0.508 e. The lowest BCUT2D eigenvalue weighted by Crippen LogP contribution is -2.37. The molecule has 1 heterocycles. The molecule has 0 saturated heterocycles. The quantitative estimate of drug-likeness (QED) is 0.686. The van der Waals surface area contributed by atoms with Crippen LogP contribution in [0.4, 0.5) is 5.69 Å². The first kappa shape index (κ1) is 11.0. The average molecular weight is 256 g/mol. The zero-order valence-corrected chi connectivity index (χ0v) is 10.4. The van der Waals surface area contributed by atoms with Crippen LogP contribution in [0.15, 0.2) is 48.5 Å². The molecule has 1 aliphatic rings. The standard InChI is InChI=1S/C14H12N2OS/c17-10-5-3-4-9(8-10)13-11-6-1-2-7-12(11)15-14(18)16-13/h1-8,13,17H,(H2,15,16,18). The van der Waals surface area contributed by atoms with Crippen LogP contribution in [0.1, 0.15) is 17.2 Å². The number of hydrogen-bond acceptors (Lipinski definition) is 2. The van der Waals surface area contributed by atoms with Crippen molar-refractivity contribution >= 4 is 23.0 Å². The molecule has 4 heteroatoms. The van der Waals surface area contributed by atoms with Gasteiger partial charge in [0.05, 0.1) is 6.04 Å². The number of thiocarbonyl (C=S) groups is 1. The Morgan fingerprint density at radius 2 is 1.89 bits per heavy atom. The predicted molar refractivity (Wildman–Crippen MR) is 75.7 cm³/mol. The molecule has 0 amide bonds. The number of hydrogen-bond donors (Lipinski definition) is 3. The Morgan fingerprint density at radius 1 is 1.06 bits per heavy atom. The van der Waals surface area contributed by atoms with Crippen molar-refractivity contribution in [2.45, 2.75) is 6.04 Å². The van der Waals surface area contributed by atoms with Gasteiger partial charge < -0.3 is 15.7 Å². The van der Waals surface area contributed by atoms with E-state index in [9.17, 15) is 5.11 Å². The number of aromatic hydroxyl groups is 1. The van der Waals surface area contributed by atoms with Gasteiger partial charge in [-0.15, -0.1) is 0 Å². The molecule has 0 spiro atoms. The molecule has 1 unspecified atom stereocenters. The van der Waals surface area contributed by atoms with Gasteiger partial charge in [0.25, 0.3) is 0 Å². The van der Waals surface area contributed by atoms with Crippen molar-refractivity contribution in [3.63, 3.8) is 0 Å². The van der Waals surface area contributed by atoms with Crippen LogP contribution in [0.25, 0.3) is 0 Å². The van der Waals surface area contributed by atoms with Crippen LogP contribution in [0.5, 0.6) is 5.75 Å². The van der Waals surface area contributed by atoms with Crippen molar-refractivity contribution in [1.29, 1.82) is 0 Å². The van der Waals surface area contributed by atoms with E-state index in [1.807, 2.05) is 36.4 Å². The van der Waals surface area contributed by atoms with Crippen molar-refractivity contribution < 1.29 is 5.11 Å². The van der Waals surface area contributed by atoms with Crippen molar-refractivity contribution in [2.75, 3.05) is 5.32 Å². The second-order valence-electron chi connectivity index (χ2n) is 4.21. The lowest BCUT2D eigenvalue weighted by Gasteiger charge is -2.29. The number of rotatable bonds is 1. The van der Waals surface area contributed by atoms with Crippen LogP contribution in [0.2, 0.25) is 0 Å². The normalized spacial score (nSPS) is 17.6. The largest absolute Gasteiger partial charge is 0.508 e. The van der Waals surface area contributed by atoms with E-state index >= 15 is 0 Å². The highest BCUT2D eigenvalue weighted by Crippen LogP contribution is 2.32. The third kappa shape index (κ3) is 1.91. The first-order valence-electron chi connectivity index (χ1n) is 5.69. The summed E-state index contributed by atoms with van der Waals surface area (Å²) in [5, 5.41) is 16.5. The van der Waals surface area contributed by atoms with Gasteiger partial charge in [-0.1, -0.05) is 30.3 Å². The molecule has 3 N–H and O–H groups in total. The van der Waals surface area contributed by atoms with E-state index in [0.717, 1.165) is 16.8 Å². The van der Waals surface area contributed by atoms with Gasteiger partial charge in [0.2, 0.25) is 0 Å². The molecule has 3 rings (SSSR count). The zero-order chi connectivity index (χ0) is 12.5. The van der Waals surface area contributed by atoms with Gasteiger partial charge in [0.1, 0.15) is 5.75 Å². The summed E-state index contributed by atoms with van der Waals surface area (Å²) in [5.41, 5.74) is 3.12. The van der Waals surface area contributed by atoms with E-state index < -0.39 is 0 Å². The number of phenolic OH excluding ortho intramolecular Hbond substituents is 1. The lowest BCUT2D eigenvalue weighted by molar-refractivity contribution is 0.474. The number of benzene rings is 2. The number of fused-ring (bicyclic) bond motifs is 1. The summed E-state index contributed by atoms with van der Waals surface area (Å²) in [4.78, 5) is 0. The Labute approximate surface area is 110 Å². The van der Waals surface area contributed by atoms with Crippen LogP contribution in [0.3, 0.4) is 0 Å². The summed E-state index contributed by atoms with van der Waals surface area (Å²) in [6.07, 6.45) is 0. The second-order valence-corrected chi connectivity index (χ2v) is 4.62. The molecule has 90 valence electrons. The van der Waals surface area contributed by atoms with Gasteiger partial charge in [-0.05, 0) is 36.0 Å². The third-order valence-electron chi connectivity index (χ3n) is 3.00. The molecule has 2 aromatic rings. The van der Waals surface area contributed by atoms with Gasteiger partial charge in [-0.25, -0.2) is 0 Å². The molecule has 0 fully saturated rings. The second kappa shape index (κ2) is 4.31. The van der Waals surface area contributed by atoms with E-state index in [0.29, 0.717) is 5.11 Å². The number of nitrogens with one attached hydrogen (secondary N) is 2. The van der Waals surface area contributed by atoms with Crippen LogP contribution < -0.4 is 10.6 Å². The fourth-order valence-electron chi connectivity index (χ4n) is 2.20.